The monoisotopic (exact) mass is 612 g/mol. The highest BCUT2D eigenvalue weighted by molar-refractivity contribution is 7.98. The molecule has 0 saturated heterocycles. The number of allylic oxidation sites excluding steroid dienone is 3. The highest BCUT2D eigenvalue weighted by atomic mass is 35.5. The molecule has 1 heterocycles. The zero-order valence-electron chi connectivity index (χ0n) is 24.8. The van der Waals surface area contributed by atoms with E-state index in [1.54, 1.807) is 16.7 Å². The Morgan fingerprint density at radius 3 is 2.44 bits per heavy atom. The number of carbonyl (C=O) groups excluding carboxylic acids is 1. The summed E-state index contributed by atoms with van der Waals surface area (Å²) in [6.07, 6.45) is 0.780. The minimum atomic E-state index is -0.666. The Bertz CT molecular complexity index is 1770. The number of anilines is 1. The molecule has 0 amide bonds. The molecule has 3 aromatic carbocycles. The fraction of sp³-hybridized carbons (Fsp3) is 0.294. The standard InChI is InChI=1S/C34H33ClN4O3S/c1-19-6-9-24(10-7-19)43-18-22-12-20(2)13-25(21(22)3)31-26(17-36)33(37)38(28-14-23(39(41)42)8-11-27(28)35)29-15-34(4,5)16-30(40)32(29)31/h6-14,31H,15-16,18,37H2,1-5H3. The topological polar surface area (TPSA) is 113 Å². The van der Waals surface area contributed by atoms with Crippen LogP contribution in [0.1, 0.15) is 60.4 Å². The average molecular weight is 613 g/mol. The van der Waals surface area contributed by atoms with E-state index in [1.807, 2.05) is 33.8 Å². The Kier molecular flexibility index (Phi) is 8.17. The fourth-order valence-electron chi connectivity index (χ4n) is 6.09. The number of hydrogen-bond acceptors (Lipinski definition) is 7. The van der Waals surface area contributed by atoms with Crippen LogP contribution >= 0.6 is 23.4 Å². The van der Waals surface area contributed by atoms with Crippen molar-refractivity contribution in [3.05, 3.63) is 120 Å². The van der Waals surface area contributed by atoms with Crippen molar-refractivity contribution in [3.8, 4) is 6.07 Å². The third-order valence-corrected chi connectivity index (χ3v) is 9.57. The first-order valence-electron chi connectivity index (χ1n) is 14.0. The SMILES string of the molecule is Cc1ccc(SCc2cc(C)cc(C3C(C#N)=C(N)N(c4cc([N+](=O)[O-])ccc4Cl)C4=C3C(=O)CC(C)(C)C4)c2C)cc1. The van der Waals surface area contributed by atoms with Crippen LogP contribution < -0.4 is 10.6 Å². The second-order valence-electron chi connectivity index (χ2n) is 12.1. The molecule has 1 unspecified atom stereocenters. The van der Waals surface area contributed by atoms with Crippen molar-refractivity contribution in [2.75, 3.05) is 4.90 Å². The third-order valence-electron chi connectivity index (χ3n) is 8.19. The number of non-ortho nitro benzene ring substituents is 1. The molecular formula is C34H33ClN4O3S. The van der Waals surface area contributed by atoms with Crippen LogP contribution in [-0.2, 0) is 10.5 Å². The zero-order chi connectivity index (χ0) is 31.2. The molecule has 1 aliphatic heterocycles. The maximum Gasteiger partial charge on any atom is 0.271 e. The highest BCUT2D eigenvalue weighted by Gasteiger charge is 2.45. The van der Waals surface area contributed by atoms with Crippen LogP contribution in [-0.4, -0.2) is 10.7 Å². The third kappa shape index (κ3) is 5.80. The molecule has 9 heteroatoms. The number of ketones is 1. The van der Waals surface area contributed by atoms with Crippen molar-refractivity contribution < 1.29 is 9.72 Å². The first kappa shape index (κ1) is 30.4. The summed E-state index contributed by atoms with van der Waals surface area (Å²) in [7, 11) is 0. The Morgan fingerprint density at radius 1 is 1.09 bits per heavy atom. The van der Waals surface area contributed by atoms with E-state index in [2.05, 4.69) is 43.3 Å². The highest BCUT2D eigenvalue weighted by Crippen LogP contribution is 2.52. The number of hydrogen-bond donors (Lipinski definition) is 1. The molecule has 43 heavy (non-hydrogen) atoms. The maximum atomic E-state index is 14.0. The number of Topliss-reactive ketones (excluding diaryl/α,β-unsaturated/α-hetero) is 1. The number of benzene rings is 3. The van der Waals surface area contributed by atoms with E-state index in [0.717, 1.165) is 32.9 Å². The lowest BCUT2D eigenvalue weighted by atomic mass is 9.68. The molecular weight excluding hydrogens is 580 g/mol. The minimum absolute atomic E-state index is 0.0699. The van der Waals surface area contributed by atoms with Crippen molar-refractivity contribution in [2.24, 2.45) is 11.1 Å². The molecule has 220 valence electrons. The summed E-state index contributed by atoms with van der Waals surface area (Å²) in [5.74, 6) is 0.107. The van der Waals surface area contributed by atoms with E-state index >= 15 is 0 Å². The van der Waals surface area contributed by atoms with E-state index in [0.29, 0.717) is 24.1 Å². The van der Waals surface area contributed by atoms with Crippen LogP contribution in [0.4, 0.5) is 11.4 Å². The predicted molar refractivity (Wildman–Crippen MR) is 172 cm³/mol. The van der Waals surface area contributed by atoms with E-state index in [9.17, 15) is 20.2 Å². The van der Waals surface area contributed by atoms with Gasteiger partial charge in [-0.3, -0.25) is 19.8 Å². The fourth-order valence-corrected chi connectivity index (χ4v) is 7.24. The largest absolute Gasteiger partial charge is 0.384 e. The van der Waals surface area contributed by atoms with Crippen LogP contribution in [0.25, 0.3) is 0 Å². The second-order valence-corrected chi connectivity index (χ2v) is 13.6. The van der Waals surface area contributed by atoms with Gasteiger partial charge in [0.15, 0.2) is 5.78 Å². The molecule has 1 atom stereocenters. The maximum absolute atomic E-state index is 14.0. The van der Waals surface area contributed by atoms with Gasteiger partial charge in [-0.1, -0.05) is 60.8 Å². The Hall–Kier alpha value is -4.06. The molecule has 5 rings (SSSR count). The number of nitro benzene ring substituents is 1. The molecule has 0 spiro atoms. The normalized spacial score (nSPS) is 18.0. The molecule has 2 N–H and O–H groups in total. The van der Waals surface area contributed by atoms with Crippen molar-refractivity contribution in [2.45, 2.75) is 64.0 Å². The van der Waals surface area contributed by atoms with Crippen molar-refractivity contribution in [1.29, 1.82) is 5.26 Å². The lowest BCUT2D eigenvalue weighted by Crippen LogP contribution is -2.42. The summed E-state index contributed by atoms with van der Waals surface area (Å²) in [5, 5.41) is 22.5. The summed E-state index contributed by atoms with van der Waals surface area (Å²) in [5.41, 5.74) is 13.1. The van der Waals surface area contributed by atoms with E-state index < -0.39 is 16.3 Å². The van der Waals surface area contributed by atoms with Gasteiger partial charge in [0.2, 0.25) is 0 Å². The van der Waals surface area contributed by atoms with Gasteiger partial charge in [-0.05, 0) is 67.5 Å². The summed E-state index contributed by atoms with van der Waals surface area (Å²) in [4.78, 5) is 28.0. The quantitative estimate of drug-likeness (QED) is 0.169. The number of nitrogens with zero attached hydrogens (tertiary/aromatic N) is 3. The number of nitro groups is 1. The van der Waals surface area contributed by atoms with Crippen LogP contribution in [0, 0.1) is 47.6 Å². The van der Waals surface area contributed by atoms with Crippen LogP contribution in [0.3, 0.4) is 0 Å². The summed E-state index contributed by atoms with van der Waals surface area (Å²) < 4.78 is 0. The number of carbonyl (C=O) groups is 1. The lowest BCUT2D eigenvalue weighted by Gasteiger charge is -2.44. The zero-order valence-corrected chi connectivity index (χ0v) is 26.4. The molecule has 3 aromatic rings. The average Bonchev–Trinajstić information content (AvgIpc) is 2.93. The second kappa shape index (κ2) is 11.6. The van der Waals surface area contributed by atoms with E-state index in [1.165, 1.54) is 23.8 Å². The van der Waals surface area contributed by atoms with Gasteiger partial charge in [-0.15, -0.1) is 11.8 Å². The molecule has 0 radical (unpaired) electrons. The molecule has 0 bridgehead atoms. The van der Waals surface area contributed by atoms with Gasteiger partial charge in [-0.2, -0.15) is 5.26 Å². The summed E-state index contributed by atoms with van der Waals surface area (Å²) in [6, 6.07) is 19.0. The smallest absolute Gasteiger partial charge is 0.271 e. The van der Waals surface area contributed by atoms with Gasteiger partial charge in [0.05, 0.1) is 33.2 Å². The van der Waals surface area contributed by atoms with Gasteiger partial charge in [0.1, 0.15) is 5.82 Å². The minimum Gasteiger partial charge on any atom is -0.384 e. The van der Waals surface area contributed by atoms with Crippen molar-refractivity contribution >= 4 is 40.5 Å². The summed E-state index contributed by atoms with van der Waals surface area (Å²) >= 11 is 8.34. The Labute approximate surface area is 261 Å². The number of nitrogens with two attached hydrogens (primary N) is 1. The van der Waals surface area contributed by atoms with E-state index in [4.69, 9.17) is 17.3 Å². The number of aryl methyl sites for hydroxylation is 2. The van der Waals surface area contributed by atoms with Crippen molar-refractivity contribution in [1.82, 2.24) is 0 Å². The molecule has 0 fully saturated rings. The molecule has 0 aromatic heterocycles. The van der Waals surface area contributed by atoms with Gasteiger partial charge in [0.25, 0.3) is 5.69 Å². The number of halogens is 1. The van der Waals surface area contributed by atoms with Crippen molar-refractivity contribution in [3.63, 3.8) is 0 Å². The number of rotatable bonds is 6. The van der Waals surface area contributed by atoms with Gasteiger partial charge in [0, 0.05) is 40.5 Å². The summed E-state index contributed by atoms with van der Waals surface area (Å²) in [6.45, 7) is 10.1. The van der Waals surface area contributed by atoms with Gasteiger partial charge in [-0.25, -0.2) is 0 Å². The van der Waals surface area contributed by atoms with Gasteiger partial charge >= 0.3 is 0 Å². The Balaban J connectivity index is 1.70. The van der Waals surface area contributed by atoms with E-state index in [-0.39, 0.29) is 33.6 Å². The molecule has 7 nitrogen and oxygen atoms in total. The first-order valence-corrected chi connectivity index (χ1v) is 15.4. The van der Waals surface area contributed by atoms with Crippen LogP contribution in [0.5, 0.6) is 0 Å². The van der Waals surface area contributed by atoms with Gasteiger partial charge < -0.3 is 5.73 Å². The molecule has 2 aliphatic rings. The number of thioether (sulfide) groups is 1. The van der Waals surface area contributed by atoms with Crippen LogP contribution in [0.15, 0.2) is 82.2 Å². The first-order chi connectivity index (χ1) is 20.3. The lowest BCUT2D eigenvalue weighted by molar-refractivity contribution is -0.384. The van der Waals surface area contributed by atoms with Crippen LogP contribution in [0.2, 0.25) is 5.02 Å². The Morgan fingerprint density at radius 2 is 1.79 bits per heavy atom. The molecule has 1 aliphatic carbocycles. The predicted octanol–water partition coefficient (Wildman–Crippen LogP) is 8.41. The molecule has 0 saturated carbocycles. The number of nitriles is 1.